The van der Waals surface area contributed by atoms with E-state index in [1.807, 2.05) is 0 Å². The maximum Gasteiger partial charge on any atom is 0.326 e. The molecule has 0 spiro atoms. The number of amides is 1. The smallest absolute Gasteiger partial charge is 0.326 e. The van der Waals surface area contributed by atoms with Gasteiger partial charge in [0, 0.05) is 21.9 Å². The molecule has 2 rings (SSSR count). The monoisotopic (exact) mass is 330 g/mol. The lowest BCUT2D eigenvalue weighted by molar-refractivity contribution is -0.142. The molecule has 0 bridgehead atoms. The number of carboxylic acid groups (broad SMARTS) is 1. The molecule has 1 saturated carbocycles. The number of hydrogen-bond acceptors (Lipinski definition) is 2. The SMILES string of the molecule is [2H]c1c([2H])c([2H])c(CC([2H])(NC(=O)C2CCC(C([2H])(C([2H])([2H])[2H])C([2H])([2H])[2H])CC2)C(=O)O)c([2H])c1[2H]. The van der Waals surface area contributed by atoms with E-state index in [0.29, 0.717) is 0 Å². The van der Waals surface area contributed by atoms with Crippen LogP contribution < -0.4 is 5.32 Å². The van der Waals surface area contributed by atoms with E-state index in [0.717, 1.165) is 0 Å². The van der Waals surface area contributed by atoms with Crippen LogP contribution in [-0.2, 0) is 16.0 Å². The van der Waals surface area contributed by atoms with Crippen LogP contribution in [0.4, 0.5) is 0 Å². The molecular formula is C19H27NO3. The zero-order valence-corrected chi connectivity index (χ0v) is 12.5. The number of rotatable bonds is 6. The summed E-state index contributed by atoms with van der Waals surface area (Å²) in [6.07, 6.45) is -1.21. The van der Waals surface area contributed by atoms with Crippen molar-refractivity contribution in [3.05, 3.63) is 35.8 Å². The standard InChI is InChI=1S/C19H27NO3/c1-13(2)15-8-10-16(11-9-15)18(21)20-17(19(22)23)12-14-6-4-3-5-7-14/h3-7,13,15-17H,8-12H2,1-2H3,(H,20,21)(H,22,23)/i1D3,2D3,3D,4D,5D,6D,7D,13D,17D. The van der Waals surface area contributed by atoms with Crippen LogP contribution in [0.25, 0.3) is 0 Å². The van der Waals surface area contributed by atoms with Gasteiger partial charge in [-0.15, -0.1) is 0 Å². The fourth-order valence-corrected chi connectivity index (χ4v) is 2.61. The summed E-state index contributed by atoms with van der Waals surface area (Å²) >= 11 is 0. The third-order valence-electron chi connectivity index (χ3n) is 3.94. The minimum atomic E-state index is -3.11. The van der Waals surface area contributed by atoms with Crippen LogP contribution in [0.15, 0.2) is 30.2 Å². The van der Waals surface area contributed by atoms with E-state index in [2.05, 4.69) is 5.32 Å². The fraction of sp³-hybridized carbons (Fsp3) is 0.579. The van der Waals surface area contributed by atoms with Crippen molar-refractivity contribution >= 4 is 11.9 Å². The molecule has 1 aromatic rings. The van der Waals surface area contributed by atoms with Crippen molar-refractivity contribution in [2.45, 2.75) is 51.8 Å². The summed E-state index contributed by atoms with van der Waals surface area (Å²) in [6, 6.07) is -6.31. The lowest BCUT2D eigenvalue weighted by Crippen LogP contribution is -2.45. The van der Waals surface area contributed by atoms with Gasteiger partial charge in [0.1, 0.15) is 6.02 Å². The second-order valence-corrected chi connectivity index (χ2v) is 5.52. The topological polar surface area (TPSA) is 66.4 Å². The predicted octanol–water partition coefficient (Wildman–Crippen LogP) is 3.26. The maximum atomic E-state index is 12.9. The maximum absolute atomic E-state index is 12.9. The molecule has 4 heteroatoms. The first-order valence-electron chi connectivity index (χ1n) is 13.8. The van der Waals surface area contributed by atoms with Gasteiger partial charge in [-0.2, -0.15) is 0 Å². The molecule has 1 amide bonds. The number of nitrogens with one attached hydrogen (secondary N) is 1. The first kappa shape index (κ1) is 6.96. The van der Waals surface area contributed by atoms with Gasteiger partial charge in [-0.1, -0.05) is 43.9 Å². The first-order valence-corrected chi connectivity index (χ1v) is 7.30. The summed E-state index contributed by atoms with van der Waals surface area (Å²) in [4.78, 5) is 24.8. The van der Waals surface area contributed by atoms with Gasteiger partial charge in [0.2, 0.25) is 5.91 Å². The molecule has 0 radical (unpaired) electrons. The lowest BCUT2D eigenvalue weighted by Gasteiger charge is -2.30. The number of benzene rings is 1. The highest BCUT2D eigenvalue weighted by Crippen LogP contribution is 2.33. The normalized spacial score (nSPS) is 33.7. The van der Waals surface area contributed by atoms with Crippen molar-refractivity contribution in [1.82, 2.24) is 5.32 Å². The van der Waals surface area contributed by atoms with Crippen LogP contribution in [0.2, 0.25) is 0 Å². The molecule has 0 heterocycles. The second-order valence-electron chi connectivity index (χ2n) is 5.52. The van der Waals surface area contributed by atoms with Crippen LogP contribution in [0.3, 0.4) is 0 Å². The van der Waals surface area contributed by atoms with Crippen molar-refractivity contribution < 1.29 is 32.5 Å². The Morgan fingerprint density at radius 3 is 2.52 bits per heavy atom. The minimum absolute atomic E-state index is 0.0480. The highest BCUT2D eigenvalue weighted by Gasteiger charge is 2.30. The van der Waals surface area contributed by atoms with Crippen molar-refractivity contribution in [2.24, 2.45) is 17.7 Å². The molecule has 1 unspecified atom stereocenters. The second kappa shape index (κ2) is 8.14. The molecule has 126 valence electrons. The Balaban J connectivity index is 2.24. The number of carbonyl (C=O) groups is 2. The summed E-state index contributed by atoms with van der Waals surface area (Å²) in [5.41, 5.74) is -0.461. The van der Waals surface area contributed by atoms with Gasteiger partial charge in [0.05, 0.1) is 8.22 Å². The molecule has 1 fully saturated rings. The molecule has 2 N–H and O–H groups in total. The van der Waals surface area contributed by atoms with Gasteiger partial charge in [0.15, 0.2) is 0 Å². The first-order chi connectivity index (χ1) is 16.2. The van der Waals surface area contributed by atoms with Crippen LogP contribution in [0, 0.1) is 17.7 Å². The van der Waals surface area contributed by atoms with E-state index in [1.54, 1.807) is 0 Å². The molecule has 0 aromatic heterocycles. The van der Waals surface area contributed by atoms with Gasteiger partial charge in [-0.3, -0.25) is 4.79 Å². The lowest BCUT2D eigenvalue weighted by atomic mass is 9.76. The highest BCUT2D eigenvalue weighted by atomic mass is 16.4. The summed E-state index contributed by atoms with van der Waals surface area (Å²) in [7, 11) is 0. The molecule has 1 atom stereocenters. The number of hydrogen-bond donors (Lipinski definition) is 2. The van der Waals surface area contributed by atoms with E-state index in [-0.39, 0.29) is 25.7 Å². The van der Waals surface area contributed by atoms with Gasteiger partial charge < -0.3 is 10.4 Å². The van der Waals surface area contributed by atoms with E-state index >= 15 is 0 Å². The Kier molecular flexibility index (Phi) is 2.46. The molecule has 23 heavy (non-hydrogen) atoms. The zero-order valence-electron chi connectivity index (χ0n) is 25.5. The quantitative estimate of drug-likeness (QED) is 0.841. The van der Waals surface area contributed by atoms with Crippen molar-refractivity contribution in [2.75, 3.05) is 0 Å². The average Bonchev–Trinajstić information content (AvgIpc) is 2.77. The Bertz CT molecular complexity index is 988. The molecule has 1 aliphatic carbocycles. The van der Waals surface area contributed by atoms with Crippen LogP contribution in [-0.4, -0.2) is 23.0 Å². The third kappa shape index (κ3) is 5.08. The van der Waals surface area contributed by atoms with Crippen LogP contribution >= 0.6 is 0 Å². The predicted molar refractivity (Wildman–Crippen MR) is 90.0 cm³/mol. The average molecular weight is 331 g/mol. The molecule has 0 aliphatic heterocycles. The molecule has 4 nitrogen and oxygen atoms in total. The van der Waals surface area contributed by atoms with E-state index in [4.69, 9.17) is 17.8 Å². The highest BCUT2D eigenvalue weighted by molar-refractivity contribution is 5.85. The van der Waals surface area contributed by atoms with Crippen LogP contribution in [0.1, 0.15) is 62.8 Å². The van der Waals surface area contributed by atoms with E-state index in [1.165, 1.54) is 0 Å². The van der Waals surface area contributed by atoms with Crippen molar-refractivity contribution in [1.29, 1.82) is 0 Å². The summed E-state index contributed by atoms with van der Waals surface area (Å²) in [5, 5.41) is 11.7. The van der Waals surface area contributed by atoms with Gasteiger partial charge in [-0.25, -0.2) is 4.79 Å². The Morgan fingerprint density at radius 2 is 1.96 bits per heavy atom. The summed E-state index contributed by atoms with van der Waals surface area (Å²) in [6.45, 7) is -6.22. The number of carboxylic acids is 1. The minimum Gasteiger partial charge on any atom is -0.480 e. The van der Waals surface area contributed by atoms with Crippen LogP contribution in [0.5, 0.6) is 0 Å². The Labute approximate surface area is 156 Å². The summed E-state index contributed by atoms with van der Waals surface area (Å²) < 4.78 is 101. The summed E-state index contributed by atoms with van der Waals surface area (Å²) in [5.74, 6) is -7.44. The third-order valence-corrected chi connectivity index (χ3v) is 3.94. The van der Waals surface area contributed by atoms with Gasteiger partial charge in [0.25, 0.3) is 0 Å². The van der Waals surface area contributed by atoms with E-state index < -0.39 is 91.5 Å². The van der Waals surface area contributed by atoms with Gasteiger partial charge >= 0.3 is 5.97 Å². The molecular weight excluding hydrogens is 290 g/mol. The molecule has 1 aromatic carbocycles. The molecule has 1 aliphatic rings. The zero-order chi connectivity index (χ0) is 28.0. The van der Waals surface area contributed by atoms with Crippen molar-refractivity contribution in [3.8, 4) is 0 Å². The number of aliphatic carboxylic acids is 1. The van der Waals surface area contributed by atoms with Gasteiger partial charge in [-0.05, 0) is 43.1 Å². The largest absolute Gasteiger partial charge is 0.480 e. The fourth-order valence-electron chi connectivity index (χ4n) is 2.61. The molecule has 0 saturated heterocycles. The Hall–Kier alpha value is -1.84. The number of carbonyl (C=O) groups excluding carboxylic acids is 1. The van der Waals surface area contributed by atoms with Crippen molar-refractivity contribution in [3.63, 3.8) is 0 Å². The Morgan fingerprint density at radius 1 is 1.30 bits per heavy atom. The van der Waals surface area contributed by atoms with E-state index in [9.17, 15) is 14.7 Å².